The molecule has 2 aliphatic carbocycles. The summed E-state index contributed by atoms with van der Waals surface area (Å²) in [5.74, 6) is 0.844. The zero-order chi connectivity index (χ0) is 25.6. The lowest BCUT2D eigenvalue weighted by Crippen LogP contribution is -2.41. The molecule has 1 saturated carbocycles. The van der Waals surface area contributed by atoms with Gasteiger partial charge in [0.25, 0.3) is 5.55 Å². The molecule has 194 valence electrons. The smallest absolute Gasteiger partial charge is 0.437 e. The van der Waals surface area contributed by atoms with Crippen molar-refractivity contribution in [1.82, 2.24) is 0 Å². The van der Waals surface area contributed by atoms with Crippen molar-refractivity contribution in [3.05, 3.63) is 64.2 Å². The Morgan fingerprint density at radius 1 is 0.973 bits per heavy atom. The van der Waals surface area contributed by atoms with E-state index in [1.807, 2.05) is 6.07 Å². The molecule has 2 aromatic carbocycles. The summed E-state index contributed by atoms with van der Waals surface area (Å²) in [6, 6.07) is 8.41. The molecule has 0 saturated heterocycles. The fourth-order valence-electron chi connectivity index (χ4n) is 5.92. The third kappa shape index (κ3) is 4.67. The Bertz CT molecular complexity index is 1440. The van der Waals surface area contributed by atoms with E-state index in [1.165, 1.54) is 37.0 Å². The van der Waals surface area contributed by atoms with Gasteiger partial charge < -0.3 is 9.15 Å². The minimum absolute atomic E-state index is 0.0453. The van der Waals surface area contributed by atoms with Crippen LogP contribution in [0.15, 0.2) is 46.0 Å². The van der Waals surface area contributed by atoms with Crippen LogP contribution in [0.25, 0.3) is 11.0 Å². The highest BCUT2D eigenvalue weighted by molar-refractivity contribution is 5.85. The van der Waals surface area contributed by atoms with E-state index in [2.05, 4.69) is 16.5 Å². The summed E-state index contributed by atoms with van der Waals surface area (Å²) >= 11 is 0. The minimum Gasteiger partial charge on any atom is -0.487 e. The summed E-state index contributed by atoms with van der Waals surface area (Å²) in [5.41, 5.74) is 3.02. The Kier molecular flexibility index (Phi) is 5.88. The van der Waals surface area contributed by atoms with Crippen LogP contribution < -0.4 is 15.6 Å². The van der Waals surface area contributed by atoms with Gasteiger partial charge in [-0.3, -0.25) is 10.2 Å². The van der Waals surface area contributed by atoms with E-state index >= 15 is 0 Å². The van der Waals surface area contributed by atoms with Crippen LogP contribution >= 0.6 is 0 Å². The Hall–Kier alpha value is -3.49. The van der Waals surface area contributed by atoms with Gasteiger partial charge in [-0.15, -0.1) is 0 Å². The average Bonchev–Trinajstić information content (AvgIpc) is 3.37. The summed E-state index contributed by atoms with van der Waals surface area (Å²) in [4.78, 5) is 17.3. The lowest BCUT2D eigenvalue weighted by molar-refractivity contribution is -0.137. The zero-order valence-corrected chi connectivity index (χ0v) is 20.2. The molecule has 1 spiro atoms. The second-order valence-corrected chi connectivity index (χ2v) is 10.2. The van der Waals surface area contributed by atoms with Gasteiger partial charge in [0.15, 0.2) is 0 Å². The molecule has 1 aliphatic heterocycles. The number of rotatable bonds is 2. The monoisotopic (exact) mass is 512 g/mol. The van der Waals surface area contributed by atoms with Crippen LogP contribution in [0.1, 0.15) is 67.2 Å². The molecule has 2 heterocycles. The van der Waals surface area contributed by atoms with Gasteiger partial charge in [0, 0.05) is 22.7 Å². The number of ether oxygens (including phenoxy) is 1. The highest BCUT2D eigenvalue weighted by Crippen LogP contribution is 2.43. The maximum atomic E-state index is 13.0. The van der Waals surface area contributed by atoms with Crippen LogP contribution in [0.4, 0.5) is 23.7 Å². The van der Waals surface area contributed by atoms with Crippen molar-refractivity contribution >= 4 is 22.7 Å². The van der Waals surface area contributed by atoms with E-state index in [0.29, 0.717) is 5.58 Å². The first kappa shape index (κ1) is 23.9. The number of benzene rings is 2. The molecule has 0 atom stereocenters. The van der Waals surface area contributed by atoms with E-state index < -0.39 is 17.8 Å². The number of carbonyl (C=O) groups is 1. The van der Waals surface area contributed by atoms with Crippen LogP contribution in [-0.2, 0) is 30.3 Å². The van der Waals surface area contributed by atoms with Crippen molar-refractivity contribution in [2.45, 2.75) is 76.0 Å². The van der Waals surface area contributed by atoms with Crippen molar-refractivity contribution in [3.63, 3.8) is 0 Å². The Morgan fingerprint density at radius 3 is 2.59 bits per heavy atom. The van der Waals surface area contributed by atoms with Crippen molar-refractivity contribution in [2.75, 3.05) is 5.32 Å². The first-order valence-electron chi connectivity index (χ1n) is 12.8. The van der Waals surface area contributed by atoms with Gasteiger partial charge in [-0.2, -0.15) is 13.2 Å². The van der Waals surface area contributed by atoms with Gasteiger partial charge in [-0.05, 0) is 98.3 Å². The lowest BCUT2D eigenvalue weighted by Gasteiger charge is -2.41. The van der Waals surface area contributed by atoms with Gasteiger partial charge in [0.1, 0.15) is 16.9 Å². The molecule has 1 fully saturated rings. The SMILES string of the molecule is O=C(Nc1cccc(C(F)(F)F)c1)O/N=c1/oc2cc3c(cc2c2c1CCC2)CCC1(CCCCC1)O3. The number of nitrogens with zero attached hydrogens (tertiary/aromatic N) is 1. The largest absolute Gasteiger partial charge is 0.487 e. The molecule has 3 aromatic rings. The summed E-state index contributed by atoms with van der Waals surface area (Å²) in [7, 11) is 0. The summed E-state index contributed by atoms with van der Waals surface area (Å²) in [5, 5.41) is 7.27. The van der Waals surface area contributed by atoms with Crippen LogP contribution in [-0.4, -0.2) is 11.7 Å². The summed E-state index contributed by atoms with van der Waals surface area (Å²) in [6.07, 6.45) is 4.79. The van der Waals surface area contributed by atoms with E-state index in [4.69, 9.17) is 14.0 Å². The number of hydrogen-bond acceptors (Lipinski definition) is 5. The fraction of sp³-hybridized carbons (Fsp3) is 0.429. The molecule has 3 aliphatic rings. The molecular weight excluding hydrogens is 485 g/mol. The molecule has 6 rings (SSSR count). The van der Waals surface area contributed by atoms with Crippen LogP contribution in [0.2, 0.25) is 0 Å². The molecule has 0 bridgehead atoms. The van der Waals surface area contributed by atoms with Gasteiger partial charge in [-0.1, -0.05) is 12.5 Å². The highest BCUT2D eigenvalue weighted by atomic mass is 19.4. The quantitative estimate of drug-likeness (QED) is 0.296. The maximum Gasteiger partial charge on any atom is 0.437 e. The number of carbonyl (C=O) groups excluding carboxylic acids is 1. The second kappa shape index (κ2) is 9.11. The first-order chi connectivity index (χ1) is 17.8. The molecule has 37 heavy (non-hydrogen) atoms. The molecule has 6 nitrogen and oxygen atoms in total. The topological polar surface area (TPSA) is 73.1 Å². The van der Waals surface area contributed by atoms with Gasteiger partial charge >= 0.3 is 12.3 Å². The first-order valence-corrected chi connectivity index (χ1v) is 12.8. The third-order valence-corrected chi connectivity index (χ3v) is 7.76. The van der Waals surface area contributed by atoms with Crippen LogP contribution in [0.5, 0.6) is 5.75 Å². The van der Waals surface area contributed by atoms with Gasteiger partial charge in [0.05, 0.1) is 5.56 Å². The molecular formula is C28H27F3N2O4. The molecule has 1 aromatic heterocycles. The number of fused-ring (bicyclic) bond motifs is 4. The highest BCUT2D eigenvalue weighted by Gasteiger charge is 2.38. The molecule has 9 heteroatoms. The van der Waals surface area contributed by atoms with Crippen LogP contribution in [0.3, 0.4) is 0 Å². The van der Waals surface area contributed by atoms with Crippen molar-refractivity contribution in [3.8, 4) is 5.75 Å². The average molecular weight is 513 g/mol. The predicted molar refractivity (Wildman–Crippen MR) is 130 cm³/mol. The minimum atomic E-state index is -4.52. The Morgan fingerprint density at radius 2 is 1.78 bits per heavy atom. The van der Waals surface area contributed by atoms with E-state index in [1.54, 1.807) is 0 Å². The maximum absolute atomic E-state index is 13.0. The van der Waals surface area contributed by atoms with Crippen molar-refractivity contribution in [1.29, 1.82) is 0 Å². The summed E-state index contributed by atoms with van der Waals surface area (Å²) < 4.78 is 51.5. The number of nitrogens with one attached hydrogen (secondary N) is 1. The van der Waals surface area contributed by atoms with Crippen LogP contribution in [0, 0.1) is 0 Å². The van der Waals surface area contributed by atoms with E-state index in [0.717, 1.165) is 79.3 Å². The number of amides is 1. The van der Waals surface area contributed by atoms with Crippen molar-refractivity contribution < 1.29 is 32.0 Å². The molecule has 1 N–H and O–H groups in total. The number of hydrogen-bond donors (Lipinski definition) is 1. The van der Waals surface area contributed by atoms with Gasteiger partial charge in [0.2, 0.25) is 0 Å². The zero-order valence-electron chi connectivity index (χ0n) is 20.2. The molecule has 1 amide bonds. The Labute approximate surface area is 211 Å². The number of halogens is 3. The third-order valence-electron chi connectivity index (χ3n) is 7.76. The molecule has 0 unspecified atom stereocenters. The standard InChI is InChI=1S/C28H27F3N2O4/c29-28(30,31)18-6-4-7-19(15-18)32-26(34)37-33-25-21-9-5-8-20(21)22-14-17-10-13-27(11-2-1-3-12-27)36-23(17)16-24(22)35-25/h4,6-7,14-16H,1-3,5,8-13H2,(H,32,34)/b33-25+. The normalized spacial score (nSPS) is 18.8. The molecule has 0 radical (unpaired) electrons. The van der Waals surface area contributed by atoms with E-state index in [9.17, 15) is 18.0 Å². The van der Waals surface area contributed by atoms with Gasteiger partial charge in [-0.25, -0.2) is 4.79 Å². The predicted octanol–water partition coefficient (Wildman–Crippen LogP) is 7.03. The fourth-order valence-corrected chi connectivity index (χ4v) is 5.92. The number of aryl methyl sites for hydroxylation is 2. The second-order valence-electron chi connectivity index (χ2n) is 10.2. The van der Waals surface area contributed by atoms with E-state index in [-0.39, 0.29) is 16.8 Å². The van der Waals surface area contributed by atoms with Crippen molar-refractivity contribution in [2.24, 2.45) is 5.16 Å². The number of anilines is 1. The number of alkyl halides is 3. The lowest BCUT2D eigenvalue weighted by atomic mass is 9.79. The Balaban J connectivity index is 1.29. The summed E-state index contributed by atoms with van der Waals surface area (Å²) in [6.45, 7) is 0.